The first-order chi connectivity index (χ1) is 8.74. The van der Waals surface area contributed by atoms with E-state index in [9.17, 15) is 0 Å². The number of anilines is 2. The van der Waals surface area contributed by atoms with E-state index in [1.165, 1.54) is 19.3 Å². The van der Waals surface area contributed by atoms with E-state index in [4.69, 9.17) is 0 Å². The third kappa shape index (κ3) is 2.92. The molecule has 4 heteroatoms. The van der Waals surface area contributed by atoms with Gasteiger partial charge in [-0.05, 0) is 32.1 Å². The van der Waals surface area contributed by atoms with Crippen molar-refractivity contribution in [2.45, 2.75) is 46.0 Å². The summed E-state index contributed by atoms with van der Waals surface area (Å²) >= 11 is 0. The van der Waals surface area contributed by atoms with Gasteiger partial charge < -0.3 is 10.6 Å². The lowest BCUT2D eigenvalue weighted by atomic mass is 9.85. The monoisotopic (exact) mass is 248 g/mol. The van der Waals surface area contributed by atoms with E-state index in [-0.39, 0.29) is 0 Å². The number of aromatic nitrogens is 2. The zero-order chi connectivity index (χ0) is 13.0. The summed E-state index contributed by atoms with van der Waals surface area (Å²) in [4.78, 5) is 9.18. The van der Waals surface area contributed by atoms with Gasteiger partial charge in [-0.25, -0.2) is 9.97 Å². The normalized spacial score (nSPS) is 15.3. The van der Waals surface area contributed by atoms with Crippen LogP contribution in [0.4, 0.5) is 11.6 Å². The third-order valence-electron chi connectivity index (χ3n) is 3.69. The average molecular weight is 248 g/mol. The quantitative estimate of drug-likeness (QED) is 0.812. The molecule has 0 radical (unpaired) electrons. The van der Waals surface area contributed by atoms with Crippen LogP contribution in [0.1, 0.15) is 44.0 Å². The van der Waals surface area contributed by atoms with Crippen LogP contribution in [0.2, 0.25) is 0 Å². The Hall–Kier alpha value is -1.32. The third-order valence-corrected chi connectivity index (χ3v) is 3.69. The van der Waals surface area contributed by atoms with Gasteiger partial charge in [-0.1, -0.05) is 13.3 Å². The molecule has 1 aromatic rings. The van der Waals surface area contributed by atoms with E-state index in [0.29, 0.717) is 0 Å². The lowest BCUT2D eigenvalue weighted by Crippen LogP contribution is -2.22. The number of rotatable bonds is 6. The van der Waals surface area contributed by atoms with E-state index in [1.807, 2.05) is 7.05 Å². The molecule has 0 spiro atoms. The number of aryl methyl sites for hydroxylation is 1. The molecule has 1 saturated carbocycles. The maximum atomic E-state index is 4.64. The minimum Gasteiger partial charge on any atom is -0.373 e. The molecule has 18 heavy (non-hydrogen) atoms. The van der Waals surface area contributed by atoms with E-state index < -0.39 is 0 Å². The molecule has 0 saturated heterocycles. The maximum Gasteiger partial charge on any atom is 0.134 e. The van der Waals surface area contributed by atoms with Gasteiger partial charge in [0, 0.05) is 25.6 Å². The molecule has 1 heterocycles. The molecule has 1 aromatic heterocycles. The Balaban J connectivity index is 2.11. The van der Waals surface area contributed by atoms with Crippen molar-refractivity contribution >= 4 is 11.6 Å². The number of hydrogen-bond acceptors (Lipinski definition) is 4. The first-order valence-corrected chi connectivity index (χ1v) is 7.03. The van der Waals surface area contributed by atoms with Crippen molar-refractivity contribution in [1.29, 1.82) is 0 Å². The van der Waals surface area contributed by atoms with E-state index in [0.717, 1.165) is 48.3 Å². The van der Waals surface area contributed by atoms with Crippen molar-refractivity contribution in [1.82, 2.24) is 9.97 Å². The largest absolute Gasteiger partial charge is 0.373 e. The van der Waals surface area contributed by atoms with Gasteiger partial charge in [-0.3, -0.25) is 0 Å². The second-order valence-electron chi connectivity index (χ2n) is 5.14. The Morgan fingerprint density at radius 1 is 1.22 bits per heavy atom. The highest BCUT2D eigenvalue weighted by atomic mass is 15.1. The molecular formula is C14H24N4. The summed E-state index contributed by atoms with van der Waals surface area (Å²) in [6, 6.07) is 0. The molecule has 1 aliphatic rings. The van der Waals surface area contributed by atoms with Crippen LogP contribution in [0.5, 0.6) is 0 Å². The molecule has 0 aromatic carbocycles. The molecule has 2 N–H and O–H groups in total. The lowest BCUT2D eigenvalue weighted by Gasteiger charge is -2.26. The second-order valence-corrected chi connectivity index (χ2v) is 5.14. The maximum absolute atomic E-state index is 4.64. The van der Waals surface area contributed by atoms with Gasteiger partial charge in [-0.15, -0.1) is 0 Å². The van der Waals surface area contributed by atoms with Crippen molar-refractivity contribution < 1.29 is 0 Å². The predicted octanol–water partition coefficient (Wildman–Crippen LogP) is 2.99. The summed E-state index contributed by atoms with van der Waals surface area (Å²) in [5.74, 6) is 3.73. The molecule has 4 nitrogen and oxygen atoms in total. The number of hydrogen-bond donors (Lipinski definition) is 2. The first kappa shape index (κ1) is 13.1. The second kappa shape index (κ2) is 6.03. The minimum atomic E-state index is 0.840. The van der Waals surface area contributed by atoms with Crippen LogP contribution in [0, 0.1) is 12.8 Å². The molecule has 0 unspecified atom stereocenters. The Kier molecular flexibility index (Phi) is 4.39. The molecule has 100 valence electrons. The van der Waals surface area contributed by atoms with Crippen LogP contribution in [-0.2, 0) is 6.42 Å². The topological polar surface area (TPSA) is 49.8 Å². The van der Waals surface area contributed by atoms with Gasteiger partial charge in [0.05, 0.1) is 0 Å². The highest BCUT2D eigenvalue weighted by Gasteiger charge is 2.18. The molecule has 0 bridgehead atoms. The van der Waals surface area contributed by atoms with Crippen LogP contribution in [-0.4, -0.2) is 23.6 Å². The zero-order valence-corrected chi connectivity index (χ0v) is 11.7. The minimum absolute atomic E-state index is 0.840. The van der Waals surface area contributed by atoms with Gasteiger partial charge in [0.2, 0.25) is 0 Å². The Bertz CT molecular complexity index is 399. The Labute approximate surface area is 110 Å². The van der Waals surface area contributed by atoms with Gasteiger partial charge in [-0.2, -0.15) is 0 Å². The summed E-state index contributed by atoms with van der Waals surface area (Å²) in [5, 5.41) is 6.66. The molecule has 0 amide bonds. The standard InChI is InChI=1S/C14H24N4/c1-4-6-12-17-13(15-3)10(2)14(18-12)16-9-11-7-5-8-11/h11H,4-9H2,1-3H3,(H2,15,16,17,18). The fourth-order valence-electron chi connectivity index (χ4n) is 2.25. The smallest absolute Gasteiger partial charge is 0.134 e. The number of nitrogens with one attached hydrogen (secondary N) is 2. The fourth-order valence-corrected chi connectivity index (χ4v) is 2.25. The van der Waals surface area contributed by atoms with Crippen molar-refractivity contribution in [3.05, 3.63) is 11.4 Å². The Morgan fingerprint density at radius 3 is 2.50 bits per heavy atom. The predicted molar refractivity (Wildman–Crippen MR) is 76.1 cm³/mol. The van der Waals surface area contributed by atoms with Crippen LogP contribution < -0.4 is 10.6 Å². The number of nitrogens with zero attached hydrogens (tertiary/aromatic N) is 2. The van der Waals surface area contributed by atoms with Crippen molar-refractivity contribution in [3.8, 4) is 0 Å². The molecule has 0 atom stereocenters. The van der Waals surface area contributed by atoms with Crippen LogP contribution in [0.15, 0.2) is 0 Å². The first-order valence-electron chi connectivity index (χ1n) is 7.03. The van der Waals surface area contributed by atoms with Crippen LogP contribution >= 0.6 is 0 Å². The van der Waals surface area contributed by atoms with Gasteiger partial charge in [0.25, 0.3) is 0 Å². The molecule has 1 aliphatic carbocycles. The van der Waals surface area contributed by atoms with Crippen molar-refractivity contribution in [2.75, 3.05) is 24.2 Å². The SMILES string of the molecule is CCCc1nc(NC)c(C)c(NCC2CCC2)n1. The summed E-state index contributed by atoms with van der Waals surface area (Å²) in [6.45, 7) is 5.28. The van der Waals surface area contributed by atoms with E-state index in [1.54, 1.807) is 0 Å². The fraction of sp³-hybridized carbons (Fsp3) is 0.714. The molecular weight excluding hydrogens is 224 g/mol. The summed E-state index contributed by atoms with van der Waals surface area (Å²) < 4.78 is 0. The van der Waals surface area contributed by atoms with Gasteiger partial charge in [0.1, 0.15) is 17.5 Å². The lowest BCUT2D eigenvalue weighted by molar-refractivity contribution is 0.333. The summed E-state index contributed by atoms with van der Waals surface area (Å²) in [5.41, 5.74) is 1.12. The van der Waals surface area contributed by atoms with Gasteiger partial charge >= 0.3 is 0 Å². The van der Waals surface area contributed by atoms with Crippen molar-refractivity contribution in [2.24, 2.45) is 5.92 Å². The molecule has 1 fully saturated rings. The van der Waals surface area contributed by atoms with Gasteiger partial charge in [0.15, 0.2) is 0 Å². The average Bonchev–Trinajstić information content (AvgIpc) is 2.31. The molecule has 0 aliphatic heterocycles. The van der Waals surface area contributed by atoms with Crippen LogP contribution in [0.25, 0.3) is 0 Å². The highest BCUT2D eigenvalue weighted by Crippen LogP contribution is 2.27. The molecule has 2 rings (SSSR count). The van der Waals surface area contributed by atoms with E-state index in [2.05, 4.69) is 34.4 Å². The summed E-state index contributed by atoms with van der Waals surface area (Å²) in [7, 11) is 1.92. The zero-order valence-electron chi connectivity index (χ0n) is 11.7. The highest BCUT2D eigenvalue weighted by molar-refractivity contribution is 5.57. The Morgan fingerprint density at radius 2 is 1.94 bits per heavy atom. The summed E-state index contributed by atoms with van der Waals surface area (Å²) in [6.07, 6.45) is 6.12. The van der Waals surface area contributed by atoms with Crippen molar-refractivity contribution in [3.63, 3.8) is 0 Å². The van der Waals surface area contributed by atoms with E-state index >= 15 is 0 Å². The van der Waals surface area contributed by atoms with Crippen LogP contribution in [0.3, 0.4) is 0 Å².